The number of rotatable bonds is 19. The molecule has 0 spiro atoms. The Morgan fingerprint density at radius 3 is 1.76 bits per heavy atom. The number of methoxy groups -OCH3 is 1. The first-order chi connectivity index (χ1) is 25.8. The molecule has 0 aromatic carbocycles. The number of unbranched alkanes of at least 4 members (excludes halogenated alkanes) is 7. The standard InChI is InChI=1S/C33H58O2.C4H9NO2.2C3H7NO2/c1-4-5-6-7-8-9-10-13-25-35-31(34)17-14-16-27-19-21-29-28-20-18-26-15-11-12-23-32(26,2)30(28)22-24-33(27,29)3;1-7-4(6)2-3-5;2*4-2-1-3(5)6/h26-30H,4-25H2,1-3H3;2-3,5H2,1H3;2*1-2,4H2,(H,5,6). The van der Waals surface area contributed by atoms with E-state index in [1.165, 1.54) is 123 Å². The first kappa shape index (κ1) is 49.8. The highest BCUT2D eigenvalue weighted by atomic mass is 16.5. The molecule has 0 aromatic heterocycles. The Bertz CT molecular complexity index is 1040. The summed E-state index contributed by atoms with van der Waals surface area (Å²) in [6, 6.07) is 0. The molecule has 4 fully saturated rings. The molecule has 54 heavy (non-hydrogen) atoms. The zero-order chi connectivity index (χ0) is 40.4. The Kier molecular flexibility index (Phi) is 26.0. The van der Waals surface area contributed by atoms with Crippen LogP contribution in [0.4, 0.5) is 0 Å². The van der Waals surface area contributed by atoms with Gasteiger partial charge in [0.1, 0.15) is 0 Å². The molecular weight excluding hydrogens is 686 g/mol. The van der Waals surface area contributed by atoms with Gasteiger partial charge in [0.15, 0.2) is 0 Å². The number of hydrogen-bond acceptors (Lipinski definition) is 9. The molecule has 4 rings (SSSR count). The molecule has 11 heteroatoms. The van der Waals surface area contributed by atoms with Gasteiger partial charge in [-0.25, -0.2) is 0 Å². The summed E-state index contributed by atoms with van der Waals surface area (Å²) in [7, 11) is 1.35. The van der Waals surface area contributed by atoms with Gasteiger partial charge in [-0.3, -0.25) is 19.2 Å². The van der Waals surface area contributed by atoms with E-state index in [2.05, 4.69) is 25.5 Å². The fraction of sp³-hybridized carbons (Fsp3) is 0.907. The second-order valence-corrected chi connectivity index (χ2v) is 16.8. The number of fused-ring (bicyclic) bond motifs is 5. The van der Waals surface area contributed by atoms with Gasteiger partial charge in [0.05, 0.1) is 33.0 Å². The smallest absolute Gasteiger partial charge is 0.306 e. The van der Waals surface area contributed by atoms with E-state index in [9.17, 15) is 19.2 Å². The Morgan fingerprint density at radius 2 is 1.22 bits per heavy atom. The summed E-state index contributed by atoms with van der Waals surface area (Å²) in [5.41, 5.74) is 15.9. The maximum absolute atomic E-state index is 12.3. The van der Waals surface area contributed by atoms with Crippen molar-refractivity contribution in [1.29, 1.82) is 0 Å². The van der Waals surface area contributed by atoms with Crippen molar-refractivity contribution >= 4 is 23.9 Å². The van der Waals surface area contributed by atoms with Crippen molar-refractivity contribution in [3.05, 3.63) is 0 Å². The SMILES string of the molecule is CCCCCCCCCCOC(=O)CCCC1CCC2C3CCC4CCCCC4(C)C3CCC12C.COC(=O)CCN.NCCC(=O)O.NCCC(=O)O. The number of aliphatic carboxylic acids is 2. The molecule has 4 aliphatic carbocycles. The van der Waals surface area contributed by atoms with Crippen molar-refractivity contribution in [2.45, 2.75) is 175 Å². The van der Waals surface area contributed by atoms with Crippen LogP contribution in [-0.4, -0.2) is 67.4 Å². The van der Waals surface area contributed by atoms with Gasteiger partial charge >= 0.3 is 23.9 Å². The fourth-order valence-corrected chi connectivity index (χ4v) is 10.3. The molecule has 11 nitrogen and oxygen atoms in total. The van der Waals surface area contributed by atoms with E-state index in [1.54, 1.807) is 0 Å². The average Bonchev–Trinajstić information content (AvgIpc) is 3.47. The van der Waals surface area contributed by atoms with Crippen LogP contribution in [0.15, 0.2) is 0 Å². The minimum absolute atomic E-state index is 0.0555. The van der Waals surface area contributed by atoms with Crippen molar-refractivity contribution in [2.24, 2.45) is 57.6 Å². The lowest BCUT2D eigenvalue weighted by molar-refractivity contribution is -0.144. The van der Waals surface area contributed by atoms with Gasteiger partial charge in [0, 0.05) is 26.1 Å². The number of hydrogen-bond donors (Lipinski definition) is 5. The summed E-state index contributed by atoms with van der Waals surface area (Å²) in [5, 5.41) is 15.7. The lowest BCUT2D eigenvalue weighted by Gasteiger charge is -2.60. The molecular formula is C43H81N3O8. The minimum Gasteiger partial charge on any atom is -0.481 e. The molecule has 4 saturated carbocycles. The van der Waals surface area contributed by atoms with Crippen LogP contribution in [0.2, 0.25) is 0 Å². The van der Waals surface area contributed by atoms with Crippen LogP contribution in [-0.2, 0) is 28.7 Å². The Hall–Kier alpha value is -2.24. The molecule has 0 amide bonds. The number of ether oxygens (including phenoxy) is 2. The molecule has 7 unspecified atom stereocenters. The highest BCUT2D eigenvalue weighted by Crippen LogP contribution is 2.67. The summed E-state index contributed by atoms with van der Waals surface area (Å²) in [6.07, 6.45) is 28.6. The number of nitrogens with two attached hydrogens (primary N) is 3. The second-order valence-electron chi connectivity index (χ2n) is 16.8. The first-order valence-electron chi connectivity index (χ1n) is 21.6. The Balaban J connectivity index is 0.000000631. The highest BCUT2D eigenvalue weighted by Gasteiger charge is 2.59. The fourth-order valence-electron chi connectivity index (χ4n) is 10.3. The predicted octanol–water partition coefficient (Wildman–Crippen LogP) is 8.24. The number of carboxylic acid groups (broad SMARTS) is 2. The van der Waals surface area contributed by atoms with E-state index in [0.717, 1.165) is 42.4 Å². The molecule has 0 bridgehead atoms. The molecule has 8 N–H and O–H groups in total. The van der Waals surface area contributed by atoms with E-state index in [1.807, 2.05) is 0 Å². The van der Waals surface area contributed by atoms with E-state index in [-0.39, 0.29) is 37.9 Å². The van der Waals surface area contributed by atoms with E-state index < -0.39 is 11.9 Å². The molecule has 0 saturated heterocycles. The van der Waals surface area contributed by atoms with Crippen LogP contribution in [0.5, 0.6) is 0 Å². The lowest BCUT2D eigenvalue weighted by atomic mass is 9.45. The highest BCUT2D eigenvalue weighted by molar-refractivity contribution is 5.69. The largest absolute Gasteiger partial charge is 0.481 e. The third-order valence-corrected chi connectivity index (χ3v) is 13.3. The molecule has 4 aliphatic rings. The van der Waals surface area contributed by atoms with Crippen molar-refractivity contribution in [3.8, 4) is 0 Å². The van der Waals surface area contributed by atoms with Crippen molar-refractivity contribution < 1.29 is 38.9 Å². The van der Waals surface area contributed by atoms with Crippen LogP contribution in [0.25, 0.3) is 0 Å². The summed E-state index contributed by atoms with van der Waals surface area (Å²) >= 11 is 0. The van der Waals surface area contributed by atoms with E-state index >= 15 is 0 Å². The number of carbonyl (C=O) groups is 4. The van der Waals surface area contributed by atoms with Crippen LogP contribution in [0, 0.1) is 40.4 Å². The zero-order valence-corrected chi connectivity index (χ0v) is 34.8. The van der Waals surface area contributed by atoms with Gasteiger partial charge in [-0.05, 0) is 111 Å². The summed E-state index contributed by atoms with van der Waals surface area (Å²) in [6.45, 7) is 9.09. The maximum Gasteiger partial charge on any atom is 0.306 e. The van der Waals surface area contributed by atoms with Crippen molar-refractivity contribution in [2.75, 3.05) is 33.4 Å². The predicted molar refractivity (Wildman–Crippen MR) is 216 cm³/mol. The monoisotopic (exact) mass is 768 g/mol. The summed E-state index contributed by atoms with van der Waals surface area (Å²) < 4.78 is 9.85. The normalized spacial score (nSPS) is 27.8. The molecule has 0 aromatic rings. The molecule has 0 aliphatic heterocycles. The van der Waals surface area contributed by atoms with Crippen molar-refractivity contribution in [1.82, 2.24) is 0 Å². The molecule has 7 atom stereocenters. The quantitative estimate of drug-likeness (QED) is 0.0625. The first-order valence-corrected chi connectivity index (χ1v) is 21.6. The van der Waals surface area contributed by atoms with Crippen LogP contribution in [0.1, 0.15) is 175 Å². The Labute approximate surface area is 328 Å². The molecule has 316 valence electrons. The third kappa shape index (κ3) is 17.7. The number of esters is 2. The van der Waals surface area contributed by atoms with Gasteiger partial charge < -0.3 is 36.9 Å². The van der Waals surface area contributed by atoms with Gasteiger partial charge in [-0.15, -0.1) is 0 Å². The molecule has 0 heterocycles. The number of carboxylic acids is 2. The number of carbonyl (C=O) groups excluding carboxylic acids is 2. The molecule has 0 radical (unpaired) electrons. The van der Waals surface area contributed by atoms with Crippen LogP contribution in [0.3, 0.4) is 0 Å². The van der Waals surface area contributed by atoms with Gasteiger partial charge in [0.2, 0.25) is 0 Å². The van der Waals surface area contributed by atoms with Crippen LogP contribution < -0.4 is 17.2 Å². The van der Waals surface area contributed by atoms with Gasteiger partial charge in [-0.1, -0.05) is 78.6 Å². The Morgan fingerprint density at radius 1 is 0.630 bits per heavy atom. The summed E-state index contributed by atoms with van der Waals surface area (Å²) in [4.78, 5) is 41.5. The summed E-state index contributed by atoms with van der Waals surface area (Å²) in [5.74, 6) is 2.96. The minimum atomic E-state index is -0.836. The van der Waals surface area contributed by atoms with Gasteiger partial charge in [-0.2, -0.15) is 0 Å². The second kappa shape index (κ2) is 28.2. The van der Waals surface area contributed by atoms with Gasteiger partial charge in [0.25, 0.3) is 0 Å². The zero-order valence-electron chi connectivity index (χ0n) is 34.8. The van der Waals surface area contributed by atoms with Crippen molar-refractivity contribution in [3.63, 3.8) is 0 Å². The lowest BCUT2D eigenvalue weighted by Crippen LogP contribution is -2.52. The van der Waals surface area contributed by atoms with E-state index in [0.29, 0.717) is 36.8 Å². The average molecular weight is 768 g/mol. The van der Waals surface area contributed by atoms with E-state index in [4.69, 9.17) is 32.2 Å². The topological polar surface area (TPSA) is 205 Å². The third-order valence-electron chi connectivity index (χ3n) is 13.3. The maximum atomic E-state index is 12.3. The van der Waals surface area contributed by atoms with Crippen LogP contribution >= 0.6 is 0 Å².